The maximum atomic E-state index is 4.24. The first-order valence-electron chi connectivity index (χ1n) is 9.71. The van der Waals surface area contributed by atoms with E-state index in [1.54, 1.807) is 0 Å². The van der Waals surface area contributed by atoms with Gasteiger partial charge in [0.1, 0.15) is 0 Å². The first-order chi connectivity index (χ1) is 10.4. The van der Waals surface area contributed by atoms with Gasteiger partial charge in [0, 0.05) is 5.25 Å². The molecule has 1 heteroatoms. The molecule has 0 spiro atoms. The topological polar surface area (TPSA) is 0 Å². The lowest BCUT2D eigenvalue weighted by atomic mass is 9.84. The van der Waals surface area contributed by atoms with Crippen molar-refractivity contribution in [1.29, 1.82) is 0 Å². The minimum Gasteiger partial charge on any atom is -0.159 e. The van der Waals surface area contributed by atoms with Crippen molar-refractivity contribution < 1.29 is 0 Å². The number of rotatable bonds is 11. The molecule has 0 aliphatic heterocycles. The Bertz CT molecular complexity index is 314. The largest absolute Gasteiger partial charge is 0.159 e. The Morgan fingerprint density at radius 1 is 0.913 bits per heavy atom. The second kappa shape index (κ2) is 10.9. The fourth-order valence-corrected chi connectivity index (χ4v) is 4.68. The number of thioether (sulfide) groups is 1. The molecule has 0 amide bonds. The van der Waals surface area contributed by atoms with Crippen LogP contribution in [-0.2, 0) is 0 Å². The Balaban J connectivity index is 3.84. The van der Waals surface area contributed by atoms with Crippen LogP contribution in [0, 0.1) is 16.7 Å². The van der Waals surface area contributed by atoms with Crippen LogP contribution < -0.4 is 0 Å². The van der Waals surface area contributed by atoms with E-state index in [2.05, 4.69) is 73.7 Å². The fourth-order valence-electron chi connectivity index (χ4n) is 2.84. The van der Waals surface area contributed by atoms with Crippen LogP contribution >= 0.6 is 11.8 Å². The van der Waals surface area contributed by atoms with Gasteiger partial charge in [0.15, 0.2) is 0 Å². The van der Waals surface area contributed by atoms with Crippen molar-refractivity contribution in [2.24, 2.45) is 16.7 Å². The van der Waals surface area contributed by atoms with Gasteiger partial charge in [-0.2, -0.15) is 11.8 Å². The molecule has 0 aliphatic rings. The van der Waals surface area contributed by atoms with E-state index in [0.717, 1.165) is 11.2 Å². The molecule has 0 rings (SSSR count). The highest BCUT2D eigenvalue weighted by Gasteiger charge is 2.20. The zero-order chi connectivity index (χ0) is 18.1. The summed E-state index contributed by atoms with van der Waals surface area (Å²) in [6.07, 6.45) is 9.37. The zero-order valence-corrected chi connectivity index (χ0v) is 18.2. The predicted octanol–water partition coefficient (Wildman–Crippen LogP) is 8.12. The second-order valence-electron chi connectivity index (χ2n) is 9.90. The van der Waals surface area contributed by atoms with Crippen LogP contribution in [0.1, 0.15) is 100 Å². The van der Waals surface area contributed by atoms with E-state index in [0.29, 0.717) is 5.41 Å². The van der Waals surface area contributed by atoms with E-state index in [-0.39, 0.29) is 5.41 Å². The highest BCUT2D eigenvalue weighted by Crippen LogP contribution is 2.32. The standard InChI is InChI=1S/C22H44S/c1-18(2)16-20(17-21(4,5)6)23-15-13-11-10-12-14-19(3)22(7,8)9/h18,20H,3,10-17H2,1-2,4-9H3. The summed E-state index contributed by atoms with van der Waals surface area (Å²) < 4.78 is 0. The van der Waals surface area contributed by atoms with Crippen molar-refractivity contribution in [1.82, 2.24) is 0 Å². The quantitative estimate of drug-likeness (QED) is 0.270. The lowest BCUT2D eigenvalue weighted by Gasteiger charge is -2.27. The zero-order valence-electron chi connectivity index (χ0n) is 17.4. The Hall–Kier alpha value is 0.0900. The maximum Gasteiger partial charge on any atom is 0.00544 e. The molecule has 23 heavy (non-hydrogen) atoms. The molecular weight excluding hydrogens is 296 g/mol. The van der Waals surface area contributed by atoms with E-state index in [9.17, 15) is 0 Å². The van der Waals surface area contributed by atoms with Gasteiger partial charge in [-0.05, 0) is 54.6 Å². The molecule has 0 saturated heterocycles. The molecule has 1 unspecified atom stereocenters. The Labute approximate surface area is 152 Å². The predicted molar refractivity (Wildman–Crippen MR) is 111 cm³/mol. The summed E-state index contributed by atoms with van der Waals surface area (Å²) in [6.45, 7) is 22.9. The number of allylic oxidation sites excluding steroid dienone is 1. The molecule has 0 radical (unpaired) electrons. The van der Waals surface area contributed by atoms with Gasteiger partial charge in [0.25, 0.3) is 0 Å². The third-order valence-electron chi connectivity index (χ3n) is 4.36. The number of hydrogen-bond donors (Lipinski definition) is 0. The molecule has 138 valence electrons. The summed E-state index contributed by atoms with van der Waals surface area (Å²) in [6, 6.07) is 0. The second-order valence-corrected chi connectivity index (χ2v) is 11.3. The van der Waals surface area contributed by atoms with Gasteiger partial charge in [-0.25, -0.2) is 0 Å². The maximum absolute atomic E-state index is 4.24. The lowest BCUT2D eigenvalue weighted by Crippen LogP contribution is -2.17. The van der Waals surface area contributed by atoms with Crippen LogP contribution in [0.25, 0.3) is 0 Å². The van der Waals surface area contributed by atoms with Crippen molar-refractivity contribution in [3.63, 3.8) is 0 Å². The summed E-state index contributed by atoms with van der Waals surface area (Å²) >= 11 is 2.23. The van der Waals surface area contributed by atoms with Crippen LogP contribution in [0.15, 0.2) is 12.2 Å². The molecule has 0 heterocycles. The van der Waals surface area contributed by atoms with E-state index in [1.807, 2.05) is 0 Å². The highest BCUT2D eigenvalue weighted by atomic mass is 32.2. The summed E-state index contributed by atoms with van der Waals surface area (Å²) in [5.41, 5.74) is 2.15. The number of unbranched alkanes of at least 4 members (excludes halogenated alkanes) is 3. The van der Waals surface area contributed by atoms with Crippen molar-refractivity contribution >= 4 is 11.8 Å². The Kier molecular flexibility index (Phi) is 10.9. The van der Waals surface area contributed by atoms with Crippen LogP contribution in [0.4, 0.5) is 0 Å². The van der Waals surface area contributed by atoms with Gasteiger partial charge in [0.2, 0.25) is 0 Å². The molecule has 0 bridgehead atoms. The third kappa shape index (κ3) is 14.2. The van der Waals surface area contributed by atoms with Gasteiger partial charge >= 0.3 is 0 Å². The monoisotopic (exact) mass is 340 g/mol. The highest BCUT2D eigenvalue weighted by molar-refractivity contribution is 7.99. The first-order valence-corrected chi connectivity index (χ1v) is 10.8. The molecule has 0 aliphatic carbocycles. The minimum absolute atomic E-state index is 0.285. The molecular formula is C22H44S. The molecule has 0 fully saturated rings. The van der Waals surface area contributed by atoms with Crippen LogP contribution in [0.5, 0.6) is 0 Å². The summed E-state index contributed by atoms with van der Waals surface area (Å²) in [4.78, 5) is 0. The van der Waals surface area contributed by atoms with Crippen molar-refractivity contribution in [2.75, 3.05) is 5.75 Å². The normalized spacial score (nSPS) is 14.3. The van der Waals surface area contributed by atoms with Crippen molar-refractivity contribution in [3.05, 3.63) is 12.2 Å². The van der Waals surface area contributed by atoms with Crippen LogP contribution in [0.3, 0.4) is 0 Å². The molecule has 0 saturated carbocycles. The van der Waals surface area contributed by atoms with Crippen LogP contribution in [-0.4, -0.2) is 11.0 Å². The molecule has 0 nitrogen and oxygen atoms in total. The van der Waals surface area contributed by atoms with E-state index < -0.39 is 0 Å². The SMILES string of the molecule is C=C(CCCCCCSC(CC(C)C)CC(C)(C)C)C(C)(C)C. The Morgan fingerprint density at radius 2 is 1.48 bits per heavy atom. The minimum atomic E-state index is 0.285. The van der Waals surface area contributed by atoms with E-state index in [4.69, 9.17) is 0 Å². The molecule has 0 aromatic rings. The van der Waals surface area contributed by atoms with Gasteiger partial charge in [0.05, 0.1) is 0 Å². The van der Waals surface area contributed by atoms with Gasteiger partial charge < -0.3 is 0 Å². The van der Waals surface area contributed by atoms with Gasteiger partial charge in [-0.3, -0.25) is 0 Å². The third-order valence-corrected chi connectivity index (χ3v) is 5.72. The van der Waals surface area contributed by atoms with Crippen molar-refractivity contribution in [3.8, 4) is 0 Å². The average molecular weight is 341 g/mol. The fraction of sp³-hybridized carbons (Fsp3) is 0.909. The van der Waals surface area contributed by atoms with Crippen molar-refractivity contribution in [2.45, 2.75) is 106 Å². The molecule has 0 aromatic heterocycles. The summed E-state index contributed by atoms with van der Waals surface area (Å²) in [5, 5.41) is 0.843. The van der Waals surface area contributed by atoms with Gasteiger partial charge in [-0.1, -0.05) is 80.4 Å². The van der Waals surface area contributed by atoms with E-state index in [1.165, 1.54) is 56.3 Å². The Morgan fingerprint density at radius 3 is 1.96 bits per heavy atom. The number of hydrogen-bond acceptors (Lipinski definition) is 1. The van der Waals surface area contributed by atoms with E-state index >= 15 is 0 Å². The summed E-state index contributed by atoms with van der Waals surface area (Å²) in [5.74, 6) is 2.16. The average Bonchev–Trinajstić information content (AvgIpc) is 2.33. The molecule has 1 atom stereocenters. The smallest absolute Gasteiger partial charge is 0.00544 e. The molecule has 0 aromatic carbocycles. The molecule has 0 N–H and O–H groups in total. The summed E-state index contributed by atoms with van der Waals surface area (Å²) in [7, 11) is 0. The van der Waals surface area contributed by atoms with Gasteiger partial charge in [-0.15, -0.1) is 0 Å². The first kappa shape index (κ1) is 23.1. The van der Waals surface area contributed by atoms with Crippen LogP contribution in [0.2, 0.25) is 0 Å². The lowest BCUT2D eigenvalue weighted by molar-refractivity contribution is 0.354.